The molecule has 0 fully saturated rings. The predicted molar refractivity (Wildman–Crippen MR) is 90.7 cm³/mol. The molecule has 2 rings (SSSR count). The van der Waals surface area contributed by atoms with E-state index < -0.39 is 4.92 Å². The fraction of sp³-hybridized carbons (Fsp3) is 0.375. The molecule has 0 spiro atoms. The first-order valence-corrected chi connectivity index (χ1v) is 7.65. The molecule has 1 aromatic carbocycles. The summed E-state index contributed by atoms with van der Waals surface area (Å²) >= 11 is 0. The standard InChI is InChI=1S/C16H21N5O2/c1-3-12(2)20-16-14(21(22)23)15(18-11-19-16)17-10-9-13-7-5-4-6-8-13/h4-8,11-12H,3,9-10H2,1-2H3,(H2,17,18,19,20). The number of nitrogens with one attached hydrogen (secondary N) is 2. The number of hydrogen-bond acceptors (Lipinski definition) is 6. The van der Waals surface area contributed by atoms with E-state index in [1.54, 1.807) is 0 Å². The second kappa shape index (κ2) is 8.07. The molecule has 23 heavy (non-hydrogen) atoms. The smallest absolute Gasteiger partial charge is 0.353 e. The van der Waals surface area contributed by atoms with Crippen molar-refractivity contribution in [3.63, 3.8) is 0 Å². The minimum Gasteiger partial charge on any atom is -0.364 e. The summed E-state index contributed by atoms with van der Waals surface area (Å²) in [5.74, 6) is 0.494. The van der Waals surface area contributed by atoms with Gasteiger partial charge < -0.3 is 10.6 Å². The fourth-order valence-corrected chi connectivity index (χ4v) is 2.09. The zero-order valence-electron chi connectivity index (χ0n) is 13.3. The van der Waals surface area contributed by atoms with Crippen molar-refractivity contribution in [1.82, 2.24) is 9.97 Å². The number of rotatable bonds is 8. The van der Waals surface area contributed by atoms with Crippen LogP contribution in [-0.2, 0) is 6.42 Å². The van der Waals surface area contributed by atoms with Crippen molar-refractivity contribution >= 4 is 17.3 Å². The van der Waals surface area contributed by atoms with Gasteiger partial charge in [-0.25, -0.2) is 9.97 Å². The van der Waals surface area contributed by atoms with Gasteiger partial charge >= 0.3 is 5.69 Å². The van der Waals surface area contributed by atoms with Crippen molar-refractivity contribution in [3.05, 3.63) is 52.3 Å². The summed E-state index contributed by atoms with van der Waals surface area (Å²) in [6, 6.07) is 10.0. The minimum atomic E-state index is -0.449. The van der Waals surface area contributed by atoms with Gasteiger partial charge in [-0.1, -0.05) is 37.3 Å². The van der Waals surface area contributed by atoms with E-state index in [4.69, 9.17) is 0 Å². The Morgan fingerprint density at radius 2 is 1.91 bits per heavy atom. The first-order valence-electron chi connectivity index (χ1n) is 7.65. The number of anilines is 2. The van der Waals surface area contributed by atoms with Crippen molar-refractivity contribution in [2.45, 2.75) is 32.7 Å². The van der Waals surface area contributed by atoms with Crippen LogP contribution < -0.4 is 10.6 Å². The summed E-state index contributed by atoms with van der Waals surface area (Å²) in [5, 5.41) is 17.5. The molecular formula is C16H21N5O2. The summed E-state index contributed by atoms with van der Waals surface area (Å²) in [7, 11) is 0. The minimum absolute atomic E-state index is 0.0979. The van der Waals surface area contributed by atoms with Crippen LogP contribution in [0.1, 0.15) is 25.8 Å². The van der Waals surface area contributed by atoms with Crippen LogP contribution in [0.25, 0.3) is 0 Å². The number of nitro groups is 1. The molecule has 7 nitrogen and oxygen atoms in total. The van der Waals surface area contributed by atoms with E-state index in [9.17, 15) is 10.1 Å². The largest absolute Gasteiger partial charge is 0.364 e. The van der Waals surface area contributed by atoms with E-state index in [-0.39, 0.29) is 23.4 Å². The van der Waals surface area contributed by atoms with Gasteiger partial charge in [-0.15, -0.1) is 0 Å². The van der Waals surface area contributed by atoms with Gasteiger partial charge in [-0.2, -0.15) is 0 Å². The summed E-state index contributed by atoms with van der Waals surface area (Å²) < 4.78 is 0. The molecular weight excluding hydrogens is 294 g/mol. The van der Waals surface area contributed by atoms with Crippen LogP contribution in [0.5, 0.6) is 0 Å². The number of hydrogen-bond donors (Lipinski definition) is 2. The van der Waals surface area contributed by atoms with Gasteiger partial charge in [0, 0.05) is 12.6 Å². The Balaban J connectivity index is 2.11. The first kappa shape index (κ1) is 16.7. The lowest BCUT2D eigenvalue weighted by Gasteiger charge is -2.13. The topological polar surface area (TPSA) is 93.0 Å². The highest BCUT2D eigenvalue weighted by Gasteiger charge is 2.23. The molecule has 7 heteroatoms. The average molecular weight is 315 g/mol. The molecule has 1 atom stereocenters. The third-order valence-corrected chi connectivity index (χ3v) is 3.55. The van der Waals surface area contributed by atoms with Gasteiger partial charge in [0.25, 0.3) is 0 Å². The van der Waals surface area contributed by atoms with Crippen molar-refractivity contribution in [3.8, 4) is 0 Å². The van der Waals surface area contributed by atoms with E-state index >= 15 is 0 Å². The molecule has 0 bridgehead atoms. The summed E-state index contributed by atoms with van der Waals surface area (Å²) in [4.78, 5) is 19.0. The molecule has 1 aromatic heterocycles. The van der Waals surface area contributed by atoms with Crippen LogP contribution in [-0.4, -0.2) is 27.5 Å². The molecule has 0 aliphatic carbocycles. The van der Waals surface area contributed by atoms with Gasteiger partial charge in [0.15, 0.2) is 0 Å². The summed E-state index contributed by atoms with van der Waals surface area (Å²) in [6.07, 6.45) is 2.94. The van der Waals surface area contributed by atoms with E-state index in [0.29, 0.717) is 6.54 Å². The van der Waals surface area contributed by atoms with E-state index in [2.05, 4.69) is 20.6 Å². The lowest BCUT2D eigenvalue weighted by atomic mass is 10.1. The molecule has 122 valence electrons. The quantitative estimate of drug-likeness (QED) is 0.574. The highest BCUT2D eigenvalue weighted by molar-refractivity contribution is 5.69. The second-order valence-corrected chi connectivity index (χ2v) is 5.29. The van der Waals surface area contributed by atoms with Crippen LogP contribution >= 0.6 is 0 Å². The highest BCUT2D eigenvalue weighted by atomic mass is 16.6. The average Bonchev–Trinajstić information content (AvgIpc) is 2.55. The van der Waals surface area contributed by atoms with Gasteiger partial charge in [0.05, 0.1) is 4.92 Å². The van der Waals surface area contributed by atoms with E-state index in [1.807, 2.05) is 44.2 Å². The molecule has 0 saturated heterocycles. The maximum Gasteiger partial charge on any atom is 0.353 e. The number of benzene rings is 1. The zero-order valence-corrected chi connectivity index (χ0v) is 13.3. The van der Waals surface area contributed by atoms with Gasteiger partial charge in [-0.3, -0.25) is 10.1 Å². The maximum atomic E-state index is 11.4. The summed E-state index contributed by atoms with van der Waals surface area (Å²) in [5.41, 5.74) is 1.05. The lowest BCUT2D eigenvalue weighted by molar-refractivity contribution is -0.383. The molecule has 0 saturated carbocycles. The molecule has 1 unspecified atom stereocenters. The Hall–Kier alpha value is -2.70. The monoisotopic (exact) mass is 315 g/mol. The van der Waals surface area contributed by atoms with Crippen LogP contribution in [0, 0.1) is 10.1 Å². The predicted octanol–water partition coefficient (Wildman–Crippen LogP) is 3.25. The fourth-order valence-electron chi connectivity index (χ4n) is 2.09. The second-order valence-electron chi connectivity index (χ2n) is 5.29. The van der Waals surface area contributed by atoms with Crippen molar-refractivity contribution < 1.29 is 4.92 Å². The molecule has 1 heterocycles. The molecule has 0 radical (unpaired) electrons. The number of aromatic nitrogens is 2. The Bertz CT molecular complexity index is 648. The lowest BCUT2D eigenvalue weighted by Crippen LogP contribution is -2.17. The van der Waals surface area contributed by atoms with Crippen molar-refractivity contribution in [2.24, 2.45) is 0 Å². The molecule has 0 aliphatic heterocycles. The van der Waals surface area contributed by atoms with Crippen molar-refractivity contribution in [1.29, 1.82) is 0 Å². The maximum absolute atomic E-state index is 11.4. The van der Waals surface area contributed by atoms with Crippen LogP contribution in [0.4, 0.5) is 17.3 Å². The van der Waals surface area contributed by atoms with E-state index in [0.717, 1.165) is 18.4 Å². The Morgan fingerprint density at radius 1 is 1.22 bits per heavy atom. The van der Waals surface area contributed by atoms with Crippen LogP contribution in [0.15, 0.2) is 36.7 Å². The van der Waals surface area contributed by atoms with Gasteiger partial charge in [0.2, 0.25) is 11.6 Å². The third-order valence-electron chi connectivity index (χ3n) is 3.55. The first-order chi connectivity index (χ1) is 11.1. The Morgan fingerprint density at radius 3 is 2.57 bits per heavy atom. The third kappa shape index (κ3) is 4.64. The Labute approximate surface area is 135 Å². The number of nitrogens with zero attached hydrogens (tertiary/aromatic N) is 3. The normalized spacial score (nSPS) is 11.7. The summed E-state index contributed by atoms with van der Waals surface area (Å²) in [6.45, 7) is 4.52. The van der Waals surface area contributed by atoms with Crippen LogP contribution in [0.3, 0.4) is 0 Å². The molecule has 2 aromatic rings. The van der Waals surface area contributed by atoms with Crippen LogP contribution in [0.2, 0.25) is 0 Å². The Kier molecular flexibility index (Phi) is 5.85. The molecule has 0 amide bonds. The van der Waals surface area contributed by atoms with Gasteiger partial charge in [0.1, 0.15) is 6.33 Å². The van der Waals surface area contributed by atoms with Gasteiger partial charge in [-0.05, 0) is 25.3 Å². The molecule has 0 aliphatic rings. The van der Waals surface area contributed by atoms with Crippen molar-refractivity contribution in [2.75, 3.05) is 17.2 Å². The van der Waals surface area contributed by atoms with E-state index in [1.165, 1.54) is 6.33 Å². The molecule has 2 N–H and O–H groups in total. The SMILES string of the molecule is CCC(C)Nc1ncnc(NCCc2ccccc2)c1[N+](=O)[O-]. The highest BCUT2D eigenvalue weighted by Crippen LogP contribution is 2.29. The zero-order chi connectivity index (χ0) is 16.7.